The van der Waals surface area contributed by atoms with E-state index in [-0.39, 0.29) is 0 Å². The zero-order valence-electron chi connectivity index (χ0n) is 8.68. The molecule has 0 bridgehead atoms. The molecule has 76 valence electrons. The Hall–Kier alpha value is -0.790. The lowest BCUT2D eigenvalue weighted by Crippen LogP contribution is -2.19. The van der Waals surface area contributed by atoms with Gasteiger partial charge in [0.15, 0.2) is 0 Å². The molecule has 0 aliphatic rings. The first-order chi connectivity index (χ1) is 6.59. The number of nitrogens with one attached hydrogen (secondary N) is 1. The summed E-state index contributed by atoms with van der Waals surface area (Å²) < 4.78 is 0. The lowest BCUT2D eigenvalue weighted by atomic mass is 10.1. The Morgan fingerprint density at radius 2 is 2.00 bits per heavy atom. The molecule has 0 radical (unpaired) electrons. The van der Waals surface area contributed by atoms with Crippen LogP contribution >= 0.6 is 11.6 Å². The highest BCUT2D eigenvalue weighted by Gasteiger charge is 2.03. The van der Waals surface area contributed by atoms with Crippen molar-refractivity contribution >= 4 is 11.6 Å². The van der Waals surface area contributed by atoms with Crippen molar-refractivity contribution in [3.8, 4) is 0 Å². The Morgan fingerprint density at radius 3 is 2.50 bits per heavy atom. The largest absolute Gasteiger partial charge is 0.305 e. The number of hydrogen-bond acceptors (Lipinski definition) is 1. The molecule has 1 atom stereocenters. The molecule has 0 aliphatic heterocycles. The van der Waals surface area contributed by atoms with Gasteiger partial charge in [-0.1, -0.05) is 48.0 Å². The van der Waals surface area contributed by atoms with Crippen molar-refractivity contribution in [2.75, 3.05) is 6.54 Å². The fourth-order valence-corrected chi connectivity index (χ4v) is 1.31. The van der Waals surface area contributed by atoms with Crippen LogP contribution in [0.3, 0.4) is 0 Å². The fourth-order valence-electron chi connectivity index (χ4n) is 1.24. The van der Waals surface area contributed by atoms with Gasteiger partial charge in [0.25, 0.3) is 0 Å². The number of hydrogen-bond donors (Lipinski definition) is 1. The van der Waals surface area contributed by atoms with Crippen molar-refractivity contribution in [3.63, 3.8) is 0 Å². The summed E-state index contributed by atoms with van der Waals surface area (Å²) in [5.74, 6) is 0. The average molecular weight is 210 g/mol. The van der Waals surface area contributed by atoms with Crippen molar-refractivity contribution in [1.82, 2.24) is 5.32 Å². The zero-order valence-corrected chi connectivity index (χ0v) is 9.43. The minimum atomic E-state index is 0.311. The van der Waals surface area contributed by atoms with E-state index in [2.05, 4.69) is 50.0 Å². The average Bonchev–Trinajstić information content (AvgIpc) is 2.15. The molecule has 1 nitrogen and oxygen atoms in total. The molecule has 0 heterocycles. The molecule has 14 heavy (non-hydrogen) atoms. The van der Waals surface area contributed by atoms with E-state index in [1.54, 1.807) is 0 Å². The maximum atomic E-state index is 5.68. The van der Waals surface area contributed by atoms with Gasteiger partial charge in [-0.15, -0.1) is 0 Å². The molecule has 0 saturated heterocycles. The third-order valence-electron chi connectivity index (χ3n) is 2.18. The summed E-state index contributed by atoms with van der Waals surface area (Å²) in [5.41, 5.74) is 2.55. The van der Waals surface area contributed by atoms with Crippen LogP contribution in [0.1, 0.15) is 24.1 Å². The van der Waals surface area contributed by atoms with Crippen LogP contribution in [0.25, 0.3) is 0 Å². The third-order valence-corrected chi connectivity index (χ3v) is 2.31. The van der Waals surface area contributed by atoms with Crippen molar-refractivity contribution in [2.45, 2.75) is 19.9 Å². The Morgan fingerprint density at radius 1 is 1.43 bits per heavy atom. The van der Waals surface area contributed by atoms with Gasteiger partial charge in [0.1, 0.15) is 0 Å². The van der Waals surface area contributed by atoms with Gasteiger partial charge in [0, 0.05) is 17.6 Å². The minimum absolute atomic E-state index is 0.311. The summed E-state index contributed by atoms with van der Waals surface area (Å²) in [6.07, 6.45) is 0. The maximum absolute atomic E-state index is 5.68. The smallest absolute Gasteiger partial charge is 0.0313 e. The zero-order chi connectivity index (χ0) is 10.6. The Bertz CT molecular complexity index is 303. The Kier molecular flexibility index (Phi) is 4.18. The van der Waals surface area contributed by atoms with Crippen LogP contribution in [0.15, 0.2) is 35.9 Å². The van der Waals surface area contributed by atoms with E-state index in [4.69, 9.17) is 11.6 Å². The normalized spacial score (nSPS) is 12.5. The summed E-state index contributed by atoms with van der Waals surface area (Å²) in [6, 6.07) is 8.80. The molecule has 0 amide bonds. The molecule has 0 fully saturated rings. The monoisotopic (exact) mass is 209 g/mol. The second kappa shape index (κ2) is 5.18. The van der Waals surface area contributed by atoms with E-state index in [0.717, 1.165) is 0 Å². The number of halogens is 1. The molecule has 0 aromatic heterocycles. The standard InChI is InChI=1S/C12H16ClN/c1-9-4-6-12(7-5-9)11(3)14-8-10(2)13/h4-7,11,14H,2,8H2,1,3H3. The molecule has 1 rings (SSSR count). The fraction of sp³-hybridized carbons (Fsp3) is 0.333. The van der Waals surface area contributed by atoms with Crippen molar-refractivity contribution < 1.29 is 0 Å². The maximum Gasteiger partial charge on any atom is 0.0313 e. The molecule has 1 aromatic carbocycles. The molecule has 0 saturated carbocycles. The number of benzene rings is 1. The highest BCUT2D eigenvalue weighted by atomic mass is 35.5. The predicted octanol–water partition coefficient (Wildman–Crippen LogP) is 3.40. The van der Waals surface area contributed by atoms with E-state index in [9.17, 15) is 0 Å². The first kappa shape index (κ1) is 11.3. The van der Waals surface area contributed by atoms with Crippen molar-refractivity contribution in [2.24, 2.45) is 0 Å². The van der Waals surface area contributed by atoms with Crippen molar-refractivity contribution in [1.29, 1.82) is 0 Å². The van der Waals surface area contributed by atoms with E-state index < -0.39 is 0 Å². The number of rotatable bonds is 4. The van der Waals surface area contributed by atoms with Crippen LogP contribution in [0, 0.1) is 6.92 Å². The van der Waals surface area contributed by atoms with Gasteiger partial charge in [0.05, 0.1) is 0 Å². The summed E-state index contributed by atoms with van der Waals surface area (Å²) in [4.78, 5) is 0. The molecule has 1 unspecified atom stereocenters. The second-order valence-electron chi connectivity index (χ2n) is 3.53. The highest BCUT2D eigenvalue weighted by molar-refractivity contribution is 6.29. The van der Waals surface area contributed by atoms with Gasteiger partial charge in [-0.25, -0.2) is 0 Å². The van der Waals surface area contributed by atoms with Crippen LogP contribution < -0.4 is 5.32 Å². The Balaban J connectivity index is 2.56. The van der Waals surface area contributed by atoms with Crippen LogP contribution in [0.5, 0.6) is 0 Å². The molecule has 2 heteroatoms. The topological polar surface area (TPSA) is 12.0 Å². The van der Waals surface area contributed by atoms with Crippen LogP contribution in [-0.4, -0.2) is 6.54 Å². The summed E-state index contributed by atoms with van der Waals surface area (Å²) in [7, 11) is 0. The summed E-state index contributed by atoms with van der Waals surface area (Å²) in [5, 5.41) is 3.93. The first-order valence-corrected chi connectivity index (χ1v) is 5.10. The van der Waals surface area contributed by atoms with E-state index in [0.29, 0.717) is 17.6 Å². The predicted molar refractivity (Wildman–Crippen MR) is 62.6 cm³/mol. The van der Waals surface area contributed by atoms with Gasteiger partial charge >= 0.3 is 0 Å². The van der Waals surface area contributed by atoms with Crippen LogP contribution in [0.2, 0.25) is 0 Å². The molecule has 0 spiro atoms. The minimum Gasteiger partial charge on any atom is -0.305 e. The van der Waals surface area contributed by atoms with Gasteiger partial charge in [-0.2, -0.15) is 0 Å². The quantitative estimate of drug-likeness (QED) is 0.802. The van der Waals surface area contributed by atoms with Crippen molar-refractivity contribution in [3.05, 3.63) is 47.0 Å². The van der Waals surface area contributed by atoms with E-state index in [1.165, 1.54) is 11.1 Å². The molecular weight excluding hydrogens is 194 g/mol. The Labute approximate surface area is 90.8 Å². The van der Waals surface area contributed by atoms with E-state index in [1.807, 2.05) is 0 Å². The first-order valence-electron chi connectivity index (χ1n) is 4.73. The molecular formula is C12H16ClN. The molecule has 1 aromatic rings. The highest BCUT2D eigenvalue weighted by Crippen LogP contribution is 2.13. The van der Waals surface area contributed by atoms with Gasteiger partial charge in [0.2, 0.25) is 0 Å². The number of aryl methyl sites for hydroxylation is 1. The lowest BCUT2D eigenvalue weighted by molar-refractivity contribution is 0.614. The molecule has 1 N–H and O–H groups in total. The second-order valence-corrected chi connectivity index (χ2v) is 4.07. The van der Waals surface area contributed by atoms with Gasteiger partial charge in [-0.3, -0.25) is 0 Å². The van der Waals surface area contributed by atoms with Gasteiger partial charge in [-0.05, 0) is 19.4 Å². The van der Waals surface area contributed by atoms with Gasteiger partial charge < -0.3 is 5.32 Å². The summed E-state index contributed by atoms with van der Waals surface area (Å²) >= 11 is 5.68. The molecule has 0 aliphatic carbocycles. The SMILES string of the molecule is C=C(Cl)CNC(C)c1ccc(C)cc1. The van der Waals surface area contributed by atoms with Crippen LogP contribution in [-0.2, 0) is 0 Å². The lowest BCUT2D eigenvalue weighted by Gasteiger charge is -2.13. The van der Waals surface area contributed by atoms with E-state index >= 15 is 0 Å². The van der Waals surface area contributed by atoms with Crippen LogP contribution in [0.4, 0.5) is 0 Å². The summed E-state index contributed by atoms with van der Waals surface area (Å²) in [6.45, 7) is 8.49. The third kappa shape index (κ3) is 3.52.